The lowest BCUT2D eigenvalue weighted by atomic mass is 9.98. The SMILES string of the molecule is Cc1ccn(CC2CCC3(CCCC3)O2)c1C(=O)O. The van der Waals surface area contributed by atoms with Crippen LogP contribution in [-0.4, -0.2) is 27.3 Å². The van der Waals surface area contributed by atoms with E-state index >= 15 is 0 Å². The van der Waals surface area contributed by atoms with Crippen molar-refractivity contribution in [1.29, 1.82) is 0 Å². The molecule has 0 amide bonds. The molecule has 1 saturated carbocycles. The van der Waals surface area contributed by atoms with Crippen molar-refractivity contribution in [3.8, 4) is 0 Å². The smallest absolute Gasteiger partial charge is 0.352 e. The maximum atomic E-state index is 11.3. The van der Waals surface area contributed by atoms with E-state index in [4.69, 9.17) is 4.74 Å². The molecule has 3 rings (SSSR count). The van der Waals surface area contributed by atoms with Gasteiger partial charge in [-0.2, -0.15) is 0 Å². The Hall–Kier alpha value is -1.29. The molecule has 0 bridgehead atoms. The molecule has 1 unspecified atom stereocenters. The van der Waals surface area contributed by atoms with Crippen molar-refractivity contribution in [2.45, 2.75) is 63.7 Å². The van der Waals surface area contributed by atoms with E-state index in [0.717, 1.165) is 18.4 Å². The van der Waals surface area contributed by atoms with E-state index in [1.54, 1.807) is 0 Å². The largest absolute Gasteiger partial charge is 0.477 e. The van der Waals surface area contributed by atoms with E-state index in [1.807, 2.05) is 23.8 Å². The number of hydrogen-bond acceptors (Lipinski definition) is 2. The van der Waals surface area contributed by atoms with Crippen LogP contribution < -0.4 is 0 Å². The average molecular weight is 263 g/mol. The van der Waals surface area contributed by atoms with E-state index in [2.05, 4.69) is 0 Å². The molecule has 0 aromatic carbocycles. The van der Waals surface area contributed by atoms with Crippen LogP contribution in [0.5, 0.6) is 0 Å². The maximum absolute atomic E-state index is 11.3. The Morgan fingerprint density at radius 3 is 2.89 bits per heavy atom. The Morgan fingerprint density at radius 2 is 2.21 bits per heavy atom. The standard InChI is InChI=1S/C15H21NO3/c1-11-5-9-16(13(11)14(17)18)10-12-4-8-15(19-12)6-2-3-7-15/h5,9,12H,2-4,6-8,10H2,1H3,(H,17,18). The van der Waals surface area contributed by atoms with Gasteiger partial charge in [-0.15, -0.1) is 0 Å². The van der Waals surface area contributed by atoms with E-state index in [1.165, 1.54) is 25.7 Å². The van der Waals surface area contributed by atoms with E-state index in [-0.39, 0.29) is 11.7 Å². The first-order valence-corrected chi connectivity index (χ1v) is 7.16. The molecular formula is C15H21NO3. The van der Waals surface area contributed by atoms with Crippen LogP contribution in [-0.2, 0) is 11.3 Å². The first kappa shape index (κ1) is 12.7. The third-order valence-corrected chi connectivity index (χ3v) is 4.62. The van der Waals surface area contributed by atoms with E-state index in [9.17, 15) is 9.90 Å². The Balaban J connectivity index is 1.71. The van der Waals surface area contributed by atoms with Crippen LogP contribution in [0.25, 0.3) is 0 Å². The lowest BCUT2D eigenvalue weighted by molar-refractivity contribution is -0.0419. The molecule has 4 nitrogen and oxygen atoms in total. The fourth-order valence-electron chi connectivity index (χ4n) is 3.66. The summed E-state index contributed by atoms with van der Waals surface area (Å²) in [7, 11) is 0. The number of carboxylic acids is 1. The van der Waals surface area contributed by atoms with Crippen LogP contribution in [0.4, 0.5) is 0 Å². The molecule has 1 N–H and O–H groups in total. The molecule has 4 heteroatoms. The average Bonchev–Trinajstić information content (AvgIpc) is 3.04. The molecule has 1 spiro atoms. The fraction of sp³-hybridized carbons (Fsp3) is 0.667. The monoisotopic (exact) mass is 263 g/mol. The molecule has 1 aromatic heterocycles. The fourth-order valence-corrected chi connectivity index (χ4v) is 3.66. The molecule has 1 saturated heterocycles. The Morgan fingerprint density at radius 1 is 1.47 bits per heavy atom. The molecule has 104 valence electrons. The zero-order valence-electron chi connectivity index (χ0n) is 11.4. The number of aromatic nitrogens is 1. The van der Waals surface area contributed by atoms with Gasteiger partial charge < -0.3 is 14.4 Å². The van der Waals surface area contributed by atoms with Crippen molar-refractivity contribution < 1.29 is 14.6 Å². The number of rotatable bonds is 3. The predicted molar refractivity (Wildman–Crippen MR) is 71.4 cm³/mol. The van der Waals surface area contributed by atoms with Gasteiger partial charge in [0.25, 0.3) is 0 Å². The number of ether oxygens (including phenoxy) is 1. The number of carboxylic acid groups (broad SMARTS) is 1. The highest BCUT2D eigenvalue weighted by molar-refractivity contribution is 5.87. The van der Waals surface area contributed by atoms with Crippen LogP contribution >= 0.6 is 0 Å². The highest BCUT2D eigenvalue weighted by Crippen LogP contribution is 2.43. The van der Waals surface area contributed by atoms with Gasteiger partial charge in [0.05, 0.1) is 11.7 Å². The summed E-state index contributed by atoms with van der Waals surface area (Å²) in [5, 5.41) is 9.25. The van der Waals surface area contributed by atoms with Gasteiger partial charge in [-0.25, -0.2) is 4.79 Å². The van der Waals surface area contributed by atoms with Gasteiger partial charge in [0.1, 0.15) is 5.69 Å². The highest BCUT2D eigenvalue weighted by Gasteiger charge is 2.42. The summed E-state index contributed by atoms with van der Waals surface area (Å²) in [5.41, 5.74) is 1.34. The molecule has 1 atom stereocenters. The molecule has 2 heterocycles. The summed E-state index contributed by atoms with van der Waals surface area (Å²) in [6.45, 7) is 2.51. The number of carbonyl (C=O) groups is 1. The van der Waals surface area contributed by atoms with E-state index in [0.29, 0.717) is 12.2 Å². The second-order valence-corrected chi connectivity index (χ2v) is 5.97. The summed E-state index contributed by atoms with van der Waals surface area (Å²) in [5.74, 6) is -0.851. The highest BCUT2D eigenvalue weighted by atomic mass is 16.5. The lowest BCUT2D eigenvalue weighted by Gasteiger charge is -2.24. The quantitative estimate of drug-likeness (QED) is 0.912. The number of aryl methyl sites for hydroxylation is 1. The minimum absolute atomic E-state index is 0.121. The summed E-state index contributed by atoms with van der Waals surface area (Å²) < 4.78 is 8.07. The molecule has 1 aromatic rings. The van der Waals surface area contributed by atoms with Crippen molar-refractivity contribution in [2.75, 3.05) is 0 Å². The van der Waals surface area contributed by atoms with Crippen molar-refractivity contribution in [1.82, 2.24) is 4.57 Å². The van der Waals surface area contributed by atoms with Crippen LogP contribution in [0.2, 0.25) is 0 Å². The third kappa shape index (κ3) is 2.29. The van der Waals surface area contributed by atoms with Gasteiger partial charge >= 0.3 is 5.97 Å². The molecular weight excluding hydrogens is 242 g/mol. The summed E-state index contributed by atoms with van der Waals surface area (Å²) in [6, 6.07) is 1.86. The number of aromatic carboxylic acids is 1. The molecule has 2 fully saturated rings. The molecule has 0 radical (unpaired) electrons. The minimum atomic E-state index is -0.851. The van der Waals surface area contributed by atoms with E-state index < -0.39 is 5.97 Å². The van der Waals surface area contributed by atoms with Crippen molar-refractivity contribution in [3.05, 3.63) is 23.5 Å². The normalized spacial score (nSPS) is 25.2. The molecule has 1 aliphatic heterocycles. The second-order valence-electron chi connectivity index (χ2n) is 5.97. The number of nitrogens with zero attached hydrogens (tertiary/aromatic N) is 1. The topological polar surface area (TPSA) is 51.5 Å². The predicted octanol–water partition coefficient (Wildman–Crippen LogP) is 2.99. The van der Waals surface area contributed by atoms with Gasteiger partial charge in [-0.3, -0.25) is 0 Å². The van der Waals surface area contributed by atoms with Gasteiger partial charge in [0.2, 0.25) is 0 Å². The Kier molecular flexibility index (Phi) is 3.13. The van der Waals surface area contributed by atoms with Crippen LogP contribution in [0.1, 0.15) is 54.6 Å². The maximum Gasteiger partial charge on any atom is 0.352 e. The summed E-state index contributed by atoms with van der Waals surface area (Å²) in [6.07, 6.45) is 9.13. The minimum Gasteiger partial charge on any atom is -0.477 e. The zero-order valence-corrected chi connectivity index (χ0v) is 11.4. The first-order chi connectivity index (χ1) is 9.10. The second kappa shape index (κ2) is 4.67. The molecule has 19 heavy (non-hydrogen) atoms. The summed E-state index contributed by atoms with van der Waals surface area (Å²) >= 11 is 0. The Labute approximate surface area is 113 Å². The molecule has 1 aliphatic carbocycles. The van der Waals surface area contributed by atoms with Crippen molar-refractivity contribution in [3.63, 3.8) is 0 Å². The number of hydrogen-bond donors (Lipinski definition) is 1. The van der Waals surface area contributed by atoms with Gasteiger partial charge in [0.15, 0.2) is 0 Å². The van der Waals surface area contributed by atoms with Crippen molar-refractivity contribution in [2.24, 2.45) is 0 Å². The lowest BCUT2D eigenvalue weighted by Crippen LogP contribution is -2.27. The van der Waals surface area contributed by atoms with Gasteiger partial charge in [0, 0.05) is 12.7 Å². The zero-order chi connectivity index (χ0) is 13.5. The van der Waals surface area contributed by atoms with Crippen LogP contribution in [0, 0.1) is 6.92 Å². The first-order valence-electron chi connectivity index (χ1n) is 7.16. The van der Waals surface area contributed by atoms with Crippen LogP contribution in [0.3, 0.4) is 0 Å². The third-order valence-electron chi connectivity index (χ3n) is 4.62. The van der Waals surface area contributed by atoms with Crippen LogP contribution in [0.15, 0.2) is 12.3 Å². The Bertz CT molecular complexity index is 486. The summed E-state index contributed by atoms with van der Waals surface area (Å²) in [4.78, 5) is 11.3. The van der Waals surface area contributed by atoms with Gasteiger partial charge in [-0.1, -0.05) is 12.8 Å². The molecule has 2 aliphatic rings. The van der Waals surface area contributed by atoms with Gasteiger partial charge in [-0.05, 0) is 44.2 Å². The van der Waals surface area contributed by atoms with Crippen molar-refractivity contribution >= 4 is 5.97 Å².